The first-order chi connectivity index (χ1) is 12.2. The summed E-state index contributed by atoms with van der Waals surface area (Å²) in [6.07, 6.45) is 5.25. The van der Waals surface area contributed by atoms with Crippen LogP contribution in [0.2, 0.25) is 0 Å². The second kappa shape index (κ2) is 8.20. The predicted octanol–water partition coefficient (Wildman–Crippen LogP) is 2.81. The number of hydrogen-bond acceptors (Lipinski definition) is 5. The SMILES string of the molecule is CCc1ccc(N(CC(=O)NC2CCCC2)C(=O)c2csnn2)cc1. The fourth-order valence-corrected chi connectivity index (χ4v) is 3.51. The molecular weight excluding hydrogens is 336 g/mol. The fourth-order valence-electron chi connectivity index (χ4n) is 3.08. The van der Waals surface area contributed by atoms with Gasteiger partial charge in [0, 0.05) is 17.1 Å². The first-order valence-corrected chi connectivity index (χ1v) is 9.48. The molecule has 6 nitrogen and oxygen atoms in total. The van der Waals surface area contributed by atoms with Gasteiger partial charge < -0.3 is 5.32 Å². The van der Waals surface area contributed by atoms with Crippen LogP contribution in [0, 0.1) is 0 Å². The summed E-state index contributed by atoms with van der Waals surface area (Å²) < 4.78 is 3.75. The van der Waals surface area contributed by atoms with Crippen LogP contribution < -0.4 is 10.2 Å². The number of nitrogens with one attached hydrogen (secondary N) is 1. The molecule has 0 radical (unpaired) electrons. The van der Waals surface area contributed by atoms with Crippen LogP contribution in [-0.2, 0) is 11.2 Å². The molecule has 2 amide bonds. The van der Waals surface area contributed by atoms with E-state index in [-0.39, 0.29) is 30.1 Å². The molecule has 0 unspecified atom stereocenters. The number of rotatable bonds is 6. The molecule has 0 aliphatic heterocycles. The number of aryl methyl sites for hydroxylation is 1. The summed E-state index contributed by atoms with van der Waals surface area (Å²) in [5.41, 5.74) is 2.14. The molecule has 0 spiro atoms. The van der Waals surface area contributed by atoms with Crippen molar-refractivity contribution in [2.75, 3.05) is 11.4 Å². The smallest absolute Gasteiger partial charge is 0.280 e. The molecule has 1 saturated carbocycles. The number of benzene rings is 1. The number of hydrogen-bond donors (Lipinski definition) is 1. The Morgan fingerprint density at radius 1 is 1.24 bits per heavy atom. The van der Waals surface area contributed by atoms with Crippen LogP contribution in [0.15, 0.2) is 29.6 Å². The molecule has 1 aliphatic rings. The first-order valence-electron chi connectivity index (χ1n) is 8.64. The van der Waals surface area contributed by atoms with E-state index in [0.717, 1.165) is 43.6 Å². The topological polar surface area (TPSA) is 75.2 Å². The minimum atomic E-state index is -0.306. The van der Waals surface area contributed by atoms with Gasteiger partial charge in [-0.3, -0.25) is 14.5 Å². The van der Waals surface area contributed by atoms with Gasteiger partial charge in [-0.2, -0.15) is 0 Å². The molecule has 7 heteroatoms. The largest absolute Gasteiger partial charge is 0.352 e. The maximum absolute atomic E-state index is 12.8. The van der Waals surface area contributed by atoms with E-state index < -0.39 is 0 Å². The van der Waals surface area contributed by atoms with E-state index >= 15 is 0 Å². The fraction of sp³-hybridized carbons (Fsp3) is 0.444. The average molecular weight is 358 g/mol. The van der Waals surface area contributed by atoms with Gasteiger partial charge in [-0.15, -0.1) is 5.10 Å². The van der Waals surface area contributed by atoms with Crippen molar-refractivity contribution in [1.82, 2.24) is 14.9 Å². The lowest BCUT2D eigenvalue weighted by Gasteiger charge is -2.23. The Kier molecular flexibility index (Phi) is 5.75. The molecule has 25 heavy (non-hydrogen) atoms. The highest BCUT2D eigenvalue weighted by atomic mass is 32.1. The Balaban J connectivity index is 1.77. The molecule has 1 aromatic heterocycles. The number of anilines is 1. The molecule has 1 aromatic carbocycles. The van der Waals surface area contributed by atoms with Crippen LogP contribution in [0.5, 0.6) is 0 Å². The van der Waals surface area contributed by atoms with E-state index in [1.54, 1.807) is 5.38 Å². The van der Waals surface area contributed by atoms with Crippen molar-refractivity contribution in [2.24, 2.45) is 0 Å². The minimum Gasteiger partial charge on any atom is -0.352 e. The van der Waals surface area contributed by atoms with E-state index in [4.69, 9.17) is 0 Å². The van der Waals surface area contributed by atoms with E-state index in [9.17, 15) is 9.59 Å². The number of nitrogens with zero attached hydrogens (tertiary/aromatic N) is 3. The molecule has 1 aliphatic carbocycles. The molecule has 0 saturated heterocycles. The summed E-state index contributed by atoms with van der Waals surface area (Å²) in [5, 5.41) is 8.49. The Bertz CT molecular complexity index is 709. The quantitative estimate of drug-likeness (QED) is 0.861. The van der Waals surface area contributed by atoms with Gasteiger partial charge in [0.2, 0.25) is 5.91 Å². The lowest BCUT2D eigenvalue weighted by atomic mass is 10.1. The third kappa shape index (κ3) is 4.42. The van der Waals surface area contributed by atoms with E-state index in [2.05, 4.69) is 21.8 Å². The molecule has 1 N–H and O–H groups in total. The molecule has 2 aromatic rings. The van der Waals surface area contributed by atoms with Crippen molar-refractivity contribution in [3.63, 3.8) is 0 Å². The summed E-state index contributed by atoms with van der Waals surface area (Å²) >= 11 is 1.12. The monoisotopic (exact) mass is 358 g/mol. The van der Waals surface area contributed by atoms with E-state index in [0.29, 0.717) is 5.69 Å². The van der Waals surface area contributed by atoms with Gasteiger partial charge in [-0.25, -0.2) is 0 Å². The number of aromatic nitrogens is 2. The van der Waals surface area contributed by atoms with Gasteiger partial charge in [0.05, 0.1) is 0 Å². The van der Waals surface area contributed by atoms with Gasteiger partial charge in [0.25, 0.3) is 5.91 Å². The van der Waals surface area contributed by atoms with Crippen molar-refractivity contribution < 1.29 is 9.59 Å². The molecule has 1 heterocycles. The second-order valence-corrected chi connectivity index (χ2v) is 6.86. The van der Waals surface area contributed by atoms with E-state index in [1.807, 2.05) is 24.3 Å². The summed E-state index contributed by atoms with van der Waals surface area (Å²) in [5.74, 6) is -0.442. The number of carbonyl (C=O) groups is 2. The van der Waals surface area contributed by atoms with Gasteiger partial charge >= 0.3 is 0 Å². The van der Waals surface area contributed by atoms with Crippen LogP contribution in [0.25, 0.3) is 0 Å². The Morgan fingerprint density at radius 3 is 2.56 bits per heavy atom. The van der Waals surface area contributed by atoms with Crippen LogP contribution in [0.4, 0.5) is 5.69 Å². The zero-order valence-electron chi connectivity index (χ0n) is 14.3. The summed E-state index contributed by atoms with van der Waals surface area (Å²) in [4.78, 5) is 26.7. The van der Waals surface area contributed by atoms with Gasteiger partial charge in [0.15, 0.2) is 5.69 Å². The van der Waals surface area contributed by atoms with Crippen molar-refractivity contribution in [3.05, 3.63) is 40.9 Å². The van der Waals surface area contributed by atoms with Crippen LogP contribution >= 0.6 is 11.5 Å². The Morgan fingerprint density at radius 2 is 1.96 bits per heavy atom. The van der Waals surface area contributed by atoms with Crippen LogP contribution in [-0.4, -0.2) is 34.0 Å². The highest BCUT2D eigenvalue weighted by molar-refractivity contribution is 7.03. The van der Waals surface area contributed by atoms with Gasteiger partial charge in [-0.1, -0.05) is 36.4 Å². The van der Waals surface area contributed by atoms with Gasteiger partial charge in [-0.05, 0) is 48.5 Å². The third-order valence-electron chi connectivity index (χ3n) is 4.50. The molecule has 1 fully saturated rings. The third-order valence-corrected chi connectivity index (χ3v) is 5.01. The normalized spacial score (nSPS) is 14.4. The molecular formula is C18H22N4O2S. The standard InChI is InChI=1S/C18H22N4O2S/c1-2-13-7-9-15(10-8-13)22(18(24)16-12-25-21-20-16)11-17(23)19-14-5-3-4-6-14/h7-10,12,14H,2-6,11H2,1H3,(H,19,23). The van der Waals surface area contributed by atoms with Crippen molar-refractivity contribution in [1.29, 1.82) is 0 Å². The average Bonchev–Trinajstić information content (AvgIpc) is 3.33. The lowest BCUT2D eigenvalue weighted by Crippen LogP contribution is -2.43. The van der Waals surface area contributed by atoms with Crippen LogP contribution in [0.3, 0.4) is 0 Å². The summed E-state index contributed by atoms with van der Waals surface area (Å²) in [6.45, 7) is 2.06. The van der Waals surface area contributed by atoms with Crippen molar-refractivity contribution in [2.45, 2.75) is 45.1 Å². The maximum atomic E-state index is 12.8. The number of amides is 2. The molecule has 0 atom stereocenters. The Hall–Kier alpha value is -2.28. The molecule has 132 valence electrons. The first kappa shape index (κ1) is 17.5. The van der Waals surface area contributed by atoms with Crippen molar-refractivity contribution in [3.8, 4) is 0 Å². The Labute approximate surface area is 151 Å². The predicted molar refractivity (Wildman–Crippen MR) is 97.8 cm³/mol. The second-order valence-electron chi connectivity index (χ2n) is 6.25. The molecule has 3 rings (SSSR count). The zero-order chi connectivity index (χ0) is 17.6. The van der Waals surface area contributed by atoms with E-state index in [1.165, 1.54) is 10.5 Å². The minimum absolute atomic E-state index is 0.0155. The molecule has 0 bridgehead atoms. The zero-order valence-corrected chi connectivity index (χ0v) is 15.1. The summed E-state index contributed by atoms with van der Waals surface area (Å²) in [7, 11) is 0. The van der Waals surface area contributed by atoms with Gasteiger partial charge in [0.1, 0.15) is 6.54 Å². The van der Waals surface area contributed by atoms with Crippen LogP contribution in [0.1, 0.15) is 48.7 Å². The summed E-state index contributed by atoms with van der Waals surface area (Å²) in [6, 6.07) is 7.93. The highest BCUT2D eigenvalue weighted by Crippen LogP contribution is 2.20. The highest BCUT2D eigenvalue weighted by Gasteiger charge is 2.24. The number of carbonyl (C=O) groups excluding carboxylic acids is 2. The lowest BCUT2D eigenvalue weighted by molar-refractivity contribution is -0.120. The maximum Gasteiger partial charge on any atom is 0.280 e. The van der Waals surface area contributed by atoms with Crippen molar-refractivity contribution >= 4 is 29.0 Å².